The molecule has 0 radical (unpaired) electrons. The van der Waals surface area contributed by atoms with Gasteiger partial charge in [0.2, 0.25) is 0 Å². The third kappa shape index (κ3) is 3.35. The summed E-state index contributed by atoms with van der Waals surface area (Å²) in [5.41, 5.74) is 8.40. The van der Waals surface area contributed by atoms with E-state index in [2.05, 4.69) is 34.1 Å². The number of aromatic nitrogens is 2. The summed E-state index contributed by atoms with van der Waals surface area (Å²) in [7, 11) is 0. The molecule has 0 amide bonds. The van der Waals surface area contributed by atoms with Crippen LogP contribution in [-0.2, 0) is 6.54 Å². The molecule has 1 aromatic heterocycles. The zero-order valence-corrected chi connectivity index (χ0v) is 11.6. The van der Waals surface area contributed by atoms with Gasteiger partial charge in [-0.1, -0.05) is 12.1 Å². The summed E-state index contributed by atoms with van der Waals surface area (Å²) in [6, 6.07) is 8.98. The second-order valence-corrected chi connectivity index (χ2v) is 4.92. The molecule has 2 aromatic rings. The normalized spacial score (nSPS) is 19.3. The average molecular weight is 279 g/mol. The van der Waals surface area contributed by atoms with Crippen LogP contribution >= 0.6 is 12.4 Å². The van der Waals surface area contributed by atoms with Crippen LogP contribution in [-0.4, -0.2) is 33.6 Å². The first-order chi connectivity index (χ1) is 8.81. The van der Waals surface area contributed by atoms with Crippen molar-refractivity contribution in [2.45, 2.75) is 19.0 Å². The third-order valence-electron chi connectivity index (χ3n) is 3.45. The van der Waals surface area contributed by atoms with Gasteiger partial charge in [-0.25, -0.2) is 4.98 Å². The third-order valence-corrected chi connectivity index (χ3v) is 3.45. The Bertz CT molecular complexity index is 495. The molecule has 3 rings (SSSR count). The van der Waals surface area contributed by atoms with Gasteiger partial charge in [-0.05, 0) is 24.1 Å². The highest BCUT2D eigenvalue weighted by Crippen LogP contribution is 2.14. The molecule has 1 atom stereocenters. The van der Waals surface area contributed by atoms with E-state index in [1.165, 1.54) is 5.56 Å². The molecule has 1 aromatic carbocycles. The molecule has 0 bridgehead atoms. The second-order valence-electron chi connectivity index (χ2n) is 4.92. The van der Waals surface area contributed by atoms with Crippen molar-refractivity contribution in [3.05, 3.63) is 48.5 Å². The van der Waals surface area contributed by atoms with Gasteiger partial charge in [0.05, 0.1) is 6.33 Å². The molecule has 1 saturated heterocycles. The van der Waals surface area contributed by atoms with Gasteiger partial charge < -0.3 is 10.3 Å². The predicted octanol–water partition coefficient (Wildman–Crippen LogP) is 1.83. The van der Waals surface area contributed by atoms with Gasteiger partial charge in [-0.2, -0.15) is 0 Å². The zero-order valence-electron chi connectivity index (χ0n) is 10.8. The highest BCUT2D eigenvalue weighted by Gasteiger charge is 2.18. The van der Waals surface area contributed by atoms with E-state index in [4.69, 9.17) is 5.73 Å². The van der Waals surface area contributed by atoms with E-state index in [-0.39, 0.29) is 12.4 Å². The minimum Gasteiger partial charge on any atom is -0.326 e. The standard InChI is InChI=1S/C14H18N4.ClH/c15-13-5-7-17(10-13)9-12-1-3-14(4-2-12)18-8-6-16-11-18;/h1-4,6,8,11,13H,5,7,9-10,15H2;1H/t13-;/m0./s1. The van der Waals surface area contributed by atoms with Gasteiger partial charge in [0.25, 0.3) is 0 Å². The van der Waals surface area contributed by atoms with Crippen molar-refractivity contribution in [3.63, 3.8) is 0 Å². The first kappa shape index (κ1) is 14.1. The number of halogens is 1. The van der Waals surface area contributed by atoms with E-state index in [0.717, 1.165) is 31.7 Å². The largest absolute Gasteiger partial charge is 0.326 e. The summed E-state index contributed by atoms with van der Waals surface area (Å²) >= 11 is 0. The van der Waals surface area contributed by atoms with Crippen molar-refractivity contribution in [3.8, 4) is 5.69 Å². The van der Waals surface area contributed by atoms with E-state index in [0.29, 0.717) is 6.04 Å². The highest BCUT2D eigenvalue weighted by atomic mass is 35.5. The maximum absolute atomic E-state index is 5.92. The average Bonchev–Trinajstić information content (AvgIpc) is 3.02. The summed E-state index contributed by atoms with van der Waals surface area (Å²) < 4.78 is 2.01. The fourth-order valence-corrected chi connectivity index (χ4v) is 2.45. The lowest BCUT2D eigenvalue weighted by Crippen LogP contribution is -2.26. The summed E-state index contributed by atoms with van der Waals surface area (Å²) in [4.78, 5) is 6.47. The Morgan fingerprint density at radius 2 is 2.05 bits per heavy atom. The molecule has 0 spiro atoms. The maximum atomic E-state index is 5.92. The van der Waals surface area contributed by atoms with Crippen LogP contribution in [0.1, 0.15) is 12.0 Å². The number of hydrogen-bond acceptors (Lipinski definition) is 3. The van der Waals surface area contributed by atoms with Crippen molar-refractivity contribution in [1.82, 2.24) is 14.5 Å². The molecule has 0 saturated carbocycles. The van der Waals surface area contributed by atoms with E-state index < -0.39 is 0 Å². The lowest BCUT2D eigenvalue weighted by atomic mass is 10.2. The zero-order chi connectivity index (χ0) is 12.4. The van der Waals surface area contributed by atoms with Crippen molar-refractivity contribution in [1.29, 1.82) is 0 Å². The molecule has 102 valence electrons. The lowest BCUT2D eigenvalue weighted by molar-refractivity contribution is 0.327. The van der Waals surface area contributed by atoms with Gasteiger partial charge in [0.1, 0.15) is 0 Å². The minimum absolute atomic E-state index is 0. The van der Waals surface area contributed by atoms with Crippen LogP contribution in [0.3, 0.4) is 0 Å². The fourth-order valence-electron chi connectivity index (χ4n) is 2.45. The van der Waals surface area contributed by atoms with Crippen LogP contribution < -0.4 is 5.73 Å². The molecule has 1 fully saturated rings. The number of likely N-dealkylation sites (tertiary alicyclic amines) is 1. The minimum atomic E-state index is 0. The van der Waals surface area contributed by atoms with Gasteiger partial charge in [-0.3, -0.25) is 4.90 Å². The van der Waals surface area contributed by atoms with Gasteiger partial charge >= 0.3 is 0 Å². The Hall–Kier alpha value is -1.36. The molecule has 2 N–H and O–H groups in total. The highest BCUT2D eigenvalue weighted by molar-refractivity contribution is 5.85. The SMILES string of the molecule is Cl.N[C@H]1CCN(Cc2ccc(-n3ccnc3)cc2)C1. The molecule has 0 unspecified atom stereocenters. The van der Waals surface area contributed by atoms with E-state index in [1.54, 1.807) is 6.20 Å². The number of imidazole rings is 1. The Balaban J connectivity index is 0.00000133. The van der Waals surface area contributed by atoms with E-state index in [9.17, 15) is 0 Å². The summed E-state index contributed by atoms with van der Waals surface area (Å²) in [5, 5.41) is 0. The Labute approximate surface area is 119 Å². The summed E-state index contributed by atoms with van der Waals surface area (Å²) in [5.74, 6) is 0. The number of benzene rings is 1. The fraction of sp³-hybridized carbons (Fsp3) is 0.357. The number of nitrogens with two attached hydrogens (primary N) is 1. The Kier molecular flexibility index (Phi) is 4.58. The number of hydrogen-bond donors (Lipinski definition) is 1. The van der Waals surface area contributed by atoms with Crippen LogP contribution in [0.15, 0.2) is 43.0 Å². The van der Waals surface area contributed by atoms with Gasteiger partial charge in [-0.15, -0.1) is 12.4 Å². The molecule has 1 aliphatic heterocycles. The molecular formula is C14H19ClN4. The summed E-state index contributed by atoms with van der Waals surface area (Å²) in [6.07, 6.45) is 6.68. The molecular weight excluding hydrogens is 260 g/mol. The van der Waals surface area contributed by atoms with Crippen molar-refractivity contribution < 1.29 is 0 Å². The van der Waals surface area contributed by atoms with Crippen LogP contribution in [0.2, 0.25) is 0 Å². The van der Waals surface area contributed by atoms with Gasteiger partial charge in [0.15, 0.2) is 0 Å². The van der Waals surface area contributed by atoms with Crippen molar-refractivity contribution >= 4 is 12.4 Å². The molecule has 19 heavy (non-hydrogen) atoms. The molecule has 1 aliphatic rings. The first-order valence-electron chi connectivity index (χ1n) is 6.36. The predicted molar refractivity (Wildman–Crippen MR) is 78.7 cm³/mol. The monoisotopic (exact) mass is 278 g/mol. The van der Waals surface area contributed by atoms with Gasteiger partial charge in [0, 0.05) is 43.8 Å². The second kappa shape index (κ2) is 6.19. The number of nitrogens with zero attached hydrogens (tertiary/aromatic N) is 3. The van der Waals surface area contributed by atoms with Crippen molar-refractivity contribution in [2.75, 3.05) is 13.1 Å². The topological polar surface area (TPSA) is 47.1 Å². The van der Waals surface area contributed by atoms with Crippen LogP contribution in [0.5, 0.6) is 0 Å². The maximum Gasteiger partial charge on any atom is 0.0991 e. The molecule has 2 heterocycles. The number of rotatable bonds is 3. The van der Waals surface area contributed by atoms with E-state index in [1.807, 2.05) is 17.1 Å². The van der Waals surface area contributed by atoms with Crippen LogP contribution in [0.25, 0.3) is 5.69 Å². The van der Waals surface area contributed by atoms with Crippen molar-refractivity contribution in [2.24, 2.45) is 5.73 Å². The molecule has 4 nitrogen and oxygen atoms in total. The molecule has 0 aliphatic carbocycles. The quantitative estimate of drug-likeness (QED) is 0.932. The summed E-state index contributed by atoms with van der Waals surface area (Å²) in [6.45, 7) is 3.13. The smallest absolute Gasteiger partial charge is 0.0991 e. The van der Waals surface area contributed by atoms with Crippen LogP contribution in [0, 0.1) is 0 Å². The first-order valence-corrected chi connectivity index (χ1v) is 6.36. The van der Waals surface area contributed by atoms with Crippen LogP contribution in [0.4, 0.5) is 0 Å². The molecule has 5 heteroatoms. The lowest BCUT2D eigenvalue weighted by Gasteiger charge is -2.15. The Morgan fingerprint density at radius 3 is 2.63 bits per heavy atom. The van der Waals surface area contributed by atoms with E-state index >= 15 is 0 Å². The Morgan fingerprint density at radius 1 is 1.26 bits per heavy atom.